The van der Waals surface area contributed by atoms with Gasteiger partial charge < -0.3 is 34.3 Å². The molecule has 1 fully saturated rings. The van der Waals surface area contributed by atoms with Gasteiger partial charge in [0.1, 0.15) is 23.9 Å². The van der Waals surface area contributed by atoms with Crippen molar-refractivity contribution in [2.45, 2.75) is 38.1 Å². The van der Waals surface area contributed by atoms with Gasteiger partial charge in [-0.1, -0.05) is 18.2 Å². The number of β-amino-alcohol motifs (C(OH)–C–C–N with tert-alkyl or cyclic N) is 1. The Kier molecular flexibility index (Phi) is 9.19. The first-order chi connectivity index (χ1) is 19.6. The van der Waals surface area contributed by atoms with Gasteiger partial charge in [0.2, 0.25) is 0 Å². The smallest absolute Gasteiger partial charge is 0.142 e. The predicted octanol–water partition coefficient (Wildman–Crippen LogP) is 4.53. The van der Waals surface area contributed by atoms with Crippen LogP contribution in [0, 0.1) is 18.3 Å². The lowest BCUT2D eigenvalue weighted by atomic mass is 9.85. The molecule has 0 spiro atoms. The molecule has 2 N–H and O–H groups in total. The van der Waals surface area contributed by atoms with Crippen molar-refractivity contribution in [3.63, 3.8) is 0 Å². The number of aryl methyl sites for hydroxylation is 1. The third-order valence-electron chi connectivity index (χ3n) is 7.56. The number of rotatable bonds is 10. The lowest BCUT2D eigenvalue weighted by Gasteiger charge is -2.36. The fraction of sp³-hybridized carbons (Fsp3) is 0.406. The molecule has 3 aromatic rings. The van der Waals surface area contributed by atoms with E-state index in [2.05, 4.69) is 28.4 Å². The number of piperidine rings is 1. The number of nitrogens with zero attached hydrogens (tertiary/aromatic N) is 2. The van der Waals surface area contributed by atoms with Crippen LogP contribution in [0.15, 0.2) is 60.7 Å². The van der Waals surface area contributed by atoms with Crippen molar-refractivity contribution >= 4 is 5.69 Å². The summed E-state index contributed by atoms with van der Waals surface area (Å²) in [5.74, 6) is 2.11. The number of nitriles is 1. The zero-order valence-corrected chi connectivity index (χ0v) is 23.1. The Morgan fingerprint density at radius 3 is 2.67 bits per heavy atom. The third-order valence-corrected chi connectivity index (χ3v) is 7.56. The maximum atomic E-state index is 10.9. The van der Waals surface area contributed by atoms with Crippen molar-refractivity contribution in [3.8, 4) is 23.3 Å². The van der Waals surface area contributed by atoms with E-state index in [0.29, 0.717) is 43.4 Å². The van der Waals surface area contributed by atoms with Crippen LogP contribution in [0.25, 0.3) is 0 Å². The molecular formula is C32H37N3O5. The summed E-state index contributed by atoms with van der Waals surface area (Å²) >= 11 is 0. The highest BCUT2D eigenvalue weighted by atomic mass is 16.5. The fourth-order valence-corrected chi connectivity index (χ4v) is 5.44. The van der Waals surface area contributed by atoms with Crippen LogP contribution in [-0.2, 0) is 16.1 Å². The standard InChI is InChI=1S/C32H37N3O5/c1-22-16-27(10-7-25(22)18-33)40-26-8-5-24(6-9-26)32-29(36)19-34-20-31(32)39-21-23-4-11-30-28(17-23)35(13-15-38-30)12-3-14-37-2/h4-11,16-17,29,31-32,34,36H,3,12-15,19-21H2,1-2H3/t29-,31+,32+/m1/s1. The van der Waals surface area contributed by atoms with Crippen LogP contribution in [-0.4, -0.2) is 63.8 Å². The minimum absolute atomic E-state index is 0.168. The molecule has 1 saturated heterocycles. The number of aliphatic hydroxyl groups excluding tert-OH is 1. The second-order valence-corrected chi connectivity index (χ2v) is 10.3. The number of hydrogen-bond acceptors (Lipinski definition) is 8. The normalized spacial score (nSPS) is 20.4. The molecule has 40 heavy (non-hydrogen) atoms. The summed E-state index contributed by atoms with van der Waals surface area (Å²) in [5.41, 5.74) is 4.68. The zero-order chi connectivity index (χ0) is 27.9. The molecule has 0 bridgehead atoms. The van der Waals surface area contributed by atoms with Crippen LogP contribution in [0.2, 0.25) is 0 Å². The summed E-state index contributed by atoms with van der Waals surface area (Å²) in [7, 11) is 1.73. The maximum Gasteiger partial charge on any atom is 0.142 e. The lowest BCUT2D eigenvalue weighted by molar-refractivity contribution is -0.0328. The Morgan fingerprint density at radius 1 is 1.07 bits per heavy atom. The molecule has 2 aliphatic heterocycles. The molecule has 210 valence electrons. The first-order valence-electron chi connectivity index (χ1n) is 13.8. The minimum Gasteiger partial charge on any atom is -0.490 e. The number of ether oxygens (including phenoxy) is 4. The second-order valence-electron chi connectivity index (χ2n) is 10.3. The van der Waals surface area contributed by atoms with Gasteiger partial charge in [-0.15, -0.1) is 0 Å². The average molecular weight is 544 g/mol. The molecule has 0 saturated carbocycles. The van der Waals surface area contributed by atoms with E-state index in [1.165, 1.54) is 0 Å². The average Bonchev–Trinajstić information content (AvgIpc) is 2.97. The van der Waals surface area contributed by atoms with Gasteiger partial charge in [0, 0.05) is 39.3 Å². The summed E-state index contributed by atoms with van der Waals surface area (Å²) in [6.45, 7) is 6.68. The van der Waals surface area contributed by atoms with E-state index in [9.17, 15) is 5.11 Å². The minimum atomic E-state index is -0.570. The number of fused-ring (bicyclic) bond motifs is 1. The van der Waals surface area contributed by atoms with Crippen molar-refractivity contribution in [1.29, 1.82) is 5.26 Å². The van der Waals surface area contributed by atoms with Crippen LogP contribution >= 0.6 is 0 Å². The lowest BCUT2D eigenvalue weighted by Crippen LogP contribution is -2.49. The van der Waals surface area contributed by atoms with E-state index in [1.807, 2.05) is 43.3 Å². The highest BCUT2D eigenvalue weighted by Gasteiger charge is 2.34. The highest BCUT2D eigenvalue weighted by molar-refractivity contribution is 5.61. The number of hydrogen-bond donors (Lipinski definition) is 2. The fourth-order valence-electron chi connectivity index (χ4n) is 5.44. The molecule has 0 amide bonds. The maximum absolute atomic E-state index is 10.9. The number of methoxy groups -OCH3 is 1. The number of benzene rings is 3. The largest absolute Gasteiger partial charge is 0.490 e. The molecule has 0 unspecified atom stereocenters. The summed E-state index contributed by atoms with van der Waals surface area (Å²) in [6, 6.07) is 21.6. The summed E-state index contributed by atoms with van der Waals surface area (Å²) < 4.78 is 23.6. The Balaban J connectivity index is 1.25. The molecule has 5 rings (SSSR count). The molecule has 0 aliphatic carbocycles. The second kappa shape index (κ2) is 13.2. The Hall–Kier alpha value is -3.61. The first-order valence-corrected chi connectivity index (χ1v) is 13.8. The monoisotopic (exact) mass is 543 g/mol. The molecule has 8 nitrogen and oxygen atoms in total. The topological polar surface area (TPSA) is 96.2 Å². The third kappa shape index (κ3) is 6.57. The van der Waals surface area contributed by atoms with Gasteiger partial charge in [-0.25, -0.2) is 0 Å². The zero-order valence-electron chi connectivity index (χ0n) is 23.1. The van der Waals surface area contributed by atoms with Gasteiger partial charge in [0.15, 0.2) is 0 Å². The molecule has 2 heterocycles. The highest BCUT2D eigenvalue weighted by Crippen LogP contribution is 2.35. The SMILES string of the molecule is COCCCN1CCOc2ccc(CO[C@H]3CNC[C@@H](O)[C@@H]3c3ccc(Oc4ccc(C#N)c(C)c4)cc3)cc21. The van der Waals surface area contributed by atoms with Crippen molar-refractivity contribution < 1.29 is 24.1 Å². The van der Waals surface area contributed by atoms with Crippen molar-refractivity contribution in [2.75, 3.05) is 51.4 Å². The summed E-state index contributed by atoms with van der Waals surface area (Å²) in [4.78, 5) is 2.35. The van der Waals surface area contributed by atoms with Gasteiger partial charge >= 0.3 is 0 Å². The van der Waals surface area contributed by atoms with Crippen molar-refractivity contribution in [3.05, 3.63) is 82.9 Å². The van der Waals surface area contributed by atoms with Crippen LogP contribution in [0.1, 0.15) is 34.6 Å². The van der Waals surface area contributed by atoms with Crippen molar-refractivity contribution in [2.24, 2.45) is 0 Å². The number of nitrogens with one attached hydrogen (secondary N) is 1. The molecular weight excluding hydrogens is 506 g/mol. The van der Waals surface area contributed by atoms with Crippen LogP contribution < -0.4 is 19.7 Å². The number of anilines is 1. The molecule has 8 heteroatoms. The summed E-state index contributed by atoms with van der Waals surface area (Å²) in [6.07, 6.45) is 0.197. The molecule has 0 radical (unpaired) electrons. The van der Waals surface area contributed by atoms with E-state index in [4.69, 9.17) is 24.2 Å². The molecule has 3 aromatic carbocycles. The molecule has 0 aromatic heterocycles. The van der Waals surface area contributed by atoms with Gasteiger partial charge in [0.25, 0.3) is 0 Å². The van der Waals surface area contributed by atoms with Gasteiger partial charge in [-0.2, -0.15) is 5.26 Å². The predicted molar refractivity (Wildman–Crippen MR) is 153 cm³/mol. The van der Waals surface area contributed by atoms with E-state index in [1.54, 1.807) is 19.2 Å². The first kappa shape index (κ1) is 27.9. The van der Waals surface area contributed by atoms with Crippen LogP contribution in [0.4, 0.5) is 5.69 Å². The van der Waals surface area contributed by atoms with Crippen LogP contribution in [0.3, 0.4) is 0 Å². The quantitative estimate of drug-likeness (QED) is 0.360. The van der Waals surface area contributed by atoms with E-state index >= 15 is 0 Å². The Labute approximate surface area is 236 Å². The van der Waals surface area contributed by atoms with Crippen molar-refractivity contribution in [1.82, 2.24) is 5.32 Å². The number of aliphatic hydroxyl groups is 1. The Morgan fingerprint density at radius 2 is 1.90 bits per heavy atom. The van der Waals surface area contributed by atoms with Gasteiger partial charge in [-0.05, 0) is 72.5 Å². The van der Waals surface area contributed by atoms with Gasteiger partial charge in [-0.3, -0.25) is 0 Å². The Bertz CT molecular complexity index is 1320. The van der Waals surface area contributed by atoms with E-state index in [-0.39, 0.29) is 12.0 Å². The summed E-state index contributed by atoms with van der Waals surface area (Å²) in [5, 5.41) is 23.4. The van der Waals surface area contributed by atoms with E-state index < -0.39 is 6.10 Å². The molecule has 3 atom stereocenters. The van der Waals surface area contributed by atoms with Gasteiger partial charge in [0.05, 0.1) is 42.7 Å². The molecule has 2 aliphatic rings. The van der Waals surface area contributed by atoms with Crippen LogP contribution in [0.5, 0.6) is 17.2 Å². The van der Waals surface area contributed by atoms with E-state index in [0.717, 1.165) is 54.2 Å².